The summed E-state index contributed by atoms with van der Waals surface area (Å²) in [6.45, 7) is 11.3. The largest absolute Gasteiger partial charge is 0.456 e. The first kappa shape index (κ1) is 21.0. The zero-order chi connectivity index (χ0) is 23.8. The van der Waals surface area contributed by atoms with Crippen LogP contribution < -0.4 is 4.57 Å². The standard InChI is InChI=1S/C31H30NO2/c1-18-11-12-22-29-26(14-13-25-28(29)21-9-7-8-10-24(21)33-25)34-30(22)27(18)23-15-20(16-31(3,4)5)19(2)17-32(23)6/h7-15,17H,16H2,1-6H3/q+1. The maximum atomic E-state index is 6.62. The molecule has 6 aromatic rings. The monoisotopic (exact) mass is 448 g/mol. The summed E-state index contributed by atoms with van der Waals surface area (Å²) in [7, 11) is 2.13. The van der Waals surface area contributed by atoms with Gasteiger partial charge in [0.2, 0.25) is 5.69 Å². The van der Waals surface area contributed by atoms with Crippen LogP contribution in [-0.2, 0) is 13.5 Å². The van der Waals surface area contributed by atoms with E-state index >= 15 is 0 Å². The lowest BCUT2D eigenvalue weighted by molar-refractivity contribution is -0.660. The van der Waals surface area contributed by atoms with Crippen LogP contribution >= 0.6 is 0 Å². The topological polar surface area (TPSA) is 30.2 Å². The molecule has 0 saturated heterocycles. The third-order valence-corrected chi connectivity index (χ3v) is 6.91. The number of pyridine rings is 1. The Morgan fingerprint density at radius 1 is 0.765 bits per heavy atom. The van der Waals surface area contributed by atoms with Gasteiger partial charge in [-0.2, -0.15) is 0 Å². The van der Waals surface area contributed by atoms with Crippen molar-refractivity contribution in [2.75, 3.05) is 0 Å². The Bertz CT molecular complexity index is 1740. The zero-order valence-electron chi connectivity index (χ0n) is 20.7. The predicted octanol–water partition coefficient (Wildman–Crippen LogP) is 8.18. The molecule has 0 unspecified atom stereocenters. The Hall–Kier alpha value is -3.59. The lowest BCUT2D eigenvalue weighted by Crippen LogP contribution is -2.32. The minimum atomic E-state index is 0.219. The molecular weight excluding hydrogens is 418 g/mol. The van der Waals surface area contributed by atoms with E-state index in [0.29, 0.717) is 0 Å². The third-order valence-electron chi connectivity index (χ3n) is 6.91. The lowest BCUT2D eigenvalue weighted by atomic mass is 9.86. The van der Waals surface area contributed by atoms with E-state index in [1.165, 1.54) is 22.4 Å². The van der Waals surface area contributed by atoms with Crippen LogP contribution in [0.3, 0.4) is 0 Å². The molecule has 170 valence electrons. The average molecular weight is 449 g/mol. The van der Waals surface area contributed by atoms with E-state index < -0.39 is 0 Å². The van der Waals surface area contributed by atoms with Gasteiger partial charge in [0, 0.05) is 33.2 Å². The van der Waals surface area contributed by atoms with E-state index in [-0.39, 0.29) is 5.41 Å². The van der Waals surface area contributed by atoms with Gasteiger partial charge in [0.05, 0.1) is 5.56 Å². The van der Waals surface area contributed by atoms with Crippen molar-refractivity contribution in [3.05, 3.63) is 77.5 Å². The minimum Gasteiger partial charge on any atom is -0.456 e. The molecule has 0 aliphatic rings. The summed E-state index contributed by atoms with van der Waals surface area (Å²) in [4.78, 5) is 0. The number of hydrogen-bond donors (Lipinski definition) is 0. The van der Waals surface area contributed by atoms with Crippen molar-refractivity contribution in [2.24, 2.45) is 12.5 Å². The molecule has 3 heteroatoms. The molecule has 0 amide bonds. The molecule has 0 fully saturated rings. The number of rotatable bonds is 2. The predicted molar refractivity (Wildman–Crippen MR) is 140 cm³/mol. The number of aromatic nitrogens is 1. The van der Waals surface area contributed by atoms with Crippen LogP contribution in [0.25, 0.3) is 55.1 Å². The molecule has 0 saturated carbocycles. The second-order valence-corrected chi connectivity index (χ2v) is 10.9. The molecule has 3 nitrogen and oxygen atoms in total. The first-order chi connectivity index (χ1) is 16.2. The molecular formula is C31H30NO2+. The fraction of sp³-hybridized carbons (Fsp3) is 0.258. The maximum Gasteiger partial charge on any atom is 0.216 e. The number of fused-ring (bicyclic) bond motifs is 7. The van der Waals surface area contributed by atoms with Crippen LogP contribution in [0.5, 0.6) is 0 Å². The molecule has 0 atom stereocenters. The molecule has 3 aromatic heterocycles. The zero-order valence-corrected chi connectivity index (χ0v) is 20.7. The molecule has 0 aliphatic heterocycles. The van der Waals surface area contributed by atoms with E-state index in [0.717, 1.165) is 55.9 Å². The SMILES string of the molecule is Cc1c[n+](C)c(-c2c(C)ccc3c2oc2ccc4oc5ccccc5c4c23)cc1CC(C)(C)C. The second-order valence-electron chi connectivity index (χ2n) is 10.9. The van der Waals surface area contributed by atoms with E-state index in [9.17, 15) is 0 Å². The van der Waals surface area contributed by atoms with Crippen LogP contribution in [0.4, 0.5) is 0 Å². The molecule has 0 spiro atoms. The summed E-state index contributed by atoms with van der Waals surface area (Å²) in [6, 6.07) is 19.1. The molecule has 3 aromatic carbocycles. The maximum absolute atomic E-state index is 6.62. The number of benzene rings is 3. The summed E-state index contributed by atoms with van der Waals surface area (Å²) in [5.41, 5.74) is 10.1. The van der Waals surface area contributed by atoms with Gasteiger partial charge in [-0.1, -0.05) is 51.1 Å². The van der Waals surface area contributed by atoms with Gasteiger partial charge in [0.15, 0.2) is 6.20 Å². The summed E-state index contributed by atoms with van der Waals surface area (Å²) in [5.74, 6) is 0. The van der Waals surface area contributed by atoms with Gasteiger partial charge < -0.3 is 8.83 Å². The minimum absolute atomic E-state index is 0.219. The smallest absolute Gasteiger partial charge is 0.216 e. The molecule has 0 N–H and O–H groups in total. The number of hydrogen-bond acceptors (Lipinski definition) is 2. The van der Waals surface area contributed by atoms with Crippen LogP contribution in [0.2, 0.25) is 0 Å². The number of furan rings is 2. The lowest BCUT2D eigenvalue weighted by Gasteiger charge is -2.19. The molecule has 34 heavy (non-hydrogen) atoms. The van der Waals surface area contributed by atoms with Crippen molar-refractivity contribution < 1.29 is 13.4 Å². The highest BCUT2D eigenvalue weighted by Crippen LogP contribution is 2.43. The molecule has 0 aliphatic carbocycles. The highest BCUT2D eigenvalue weighted by molar-refractivity contribution is 6.26. The van der Waals surface area contributed by atoms with Crippen molar-refractivity contribution in [3.8, 4) is 11.3 Å². The van der Waals surface area contributed by atoms with Gasteiger partial charge in [-0.3, -0.25) is 0 Å². The van der Waals surface area contributed by atoms with Crippen molar-refractivity contribution in [3.63, 3.8) is 0 Å². The first-order valence-electron chi connectivity index (χ1n) is 12.0. The highest BCUT2D eigenvalue weighted by Gasteiger charge is 2.25. The third kappa shape index (κ3) is 3.14. The summed E-state index contributed by atoms with van der Waals surface area (Å²) >= 11 is 0. The Kier molecular flexibility index (Phi) is 4.44. The second kappa shape index (κ2) is 7.20. The van der Waals surface area contributed by atoms with Crippen LogP contribution in [0.15, 0.2) is 69.6 Å². The first-order valence-corrected chi connectivity index (χ1v) is 12.0. The van der Waals surface area contributed by atoms with Gasteiger partial charge >= 0.3 is 0 Å². The van der Waals surface area contributed by atoms with Crippen molar-refractivity contribution in [1.29, 1.82) is 0 Å². The molecule has 0 bridgehead atoms. The quantitative estimate of drug-likeness (QED) is 0.250. The van der Waals surface area contributed by atoms with Gasteiger partial charge in [-0.15, -0.1) is 0 Å². The van der Waals surface area contributed by atoms with Gasteiger partial charge in [-0.05, 0) is 55.0 Å². The van der Waals surface area contributed by atoms with Gasteiger partial charge in [-0.25, -0.2) is 4.57 Å². The molecule has 3 heterocycles. The Morgan fingerprint density at radius 2 is 1.47 bits per heavy atom. The average Bonchev–Trinajstić information content (AvgIpc) is 3.33. The molecule has 0 radical (unpaired) electrons. The van der Waals surface area contributed by atoms with E-state index in [2.05, 4.69) is 82.8 Å². The Labute approximate surface area is 199 Å². The fourth-order valence-corrected chi connectivity index (χ4v) is 5.40. The Balaban J connectivity index is 1.70. The normalized spacial score (nSPS) is 12.5. The summed E-state index contributed by atoms with van der Waals surface area (Å²) in [6.07, 6.45) is 3.28. The molecule has 6 rings (SSSR count). The number of aryl methyl sites for hydroxylation is 3. The van der Waals surface area contributed by atoms with Gasteiger partial charge in [0.25, 0.3) is 0 Å². The van der Waals surface area contributed by atoms with E-state index in [1.807, 2.05) is 24.3 Å². The summed E-state index contributed by atoms with van der Waals surface area (Å²) < 4.78 is 15.0. The fourth-order valence-electron chi connectivity index (χ4n) is 5.40. The van der Waals surface area contributed by atoms with E-state index in [1.54, 1.807) is 0 Å². The van der Waals surface area contributed by atoms with Gasteiger partial charge in [0.1, 0.15) is 29.4 Å². The van der Waals surface area contributed by atoms with E-state index in [4.69, 9.17) is 8.83 Å². The Morgan fingerprint density at radius 3 is 2.24 bits per heavy atom. The number of nitrogens with zero attached hydrogens (tertiary/aromatic N) is 1. The number of para-hydroxylation sites is 1. The van der Waals surface area contributed by atoms with Crippen LogP contribution in [0, 0.1) is 19.3 Å². The van der Waals surface area contributed by atoms with Crippen molar-refractivity contribution in [1.82, 2.24) is 0 Å². The van der Waals surface area contributed by atoms with Crippen LogP contribution in [-0.4, -0.2) is 0 Å². The van der Waals surface area contributed by atoms with Crippen LogP contribution in [0.1, 0.15) is 37.5 Å². The highest BCUT2D eigenvalue weighted by atomic mass is 16.3. The van der Waals surface area contributed by atoms with Crippen molar-refractivity contribution in [2.45, 2.75) is 41.0 Å². The van der Waals surface area contributed by atoms with Crippen molar-refractivity contribution >= 4 is 43.9 Å². The summed E-state index contributed by atoms with van der Waals surface area (Å²) in [5, 5.41) is 4.51.